The Morgan fingerprint density at radius 2 is 1.44 bits per heavy atom. The van der Waals surface area contributed by atoms with Crippen LogP contribution in [0.1, 0.15) is 49.9 Å². The lowest BCUT2D eigenvalue weighted by molar-refractivity contribution is 0.505. The number of aliphatic imine (C=N–C) groups is 1. The lowest BCUT2D eigenvalue weighted by Gasteiger charge is -2.23. The molecule has 0 bridgehead atoms. The van der Waals surface area contributed by atoms with Gasteiger partial charge in [-0.1, -0.05) is 182 Å². The smallest absolute Gasteiger partial charge is 0.0665 e. The van der Waals surface area contributed by atoms with E-state index in [1.165, 1.54) is 53.7 Å². The van der Waals surface area contributed by atoms with E-state index in [9.17, 15) is 0 Å². The molecule has 0 fully saturated rings. The fourth-order valence-electron chi connectivity index (χ4n) is 7.47. The molecular weight excluding hydrogens is 821 g/mol. The van der Waals surface area contributed by atoms with Gasteiger partial charge < -0.3 is 14.8 Å². The Bertz CT molecular complexity index is 2910. The molecule has 5 heteroatoms. The number of allylic oxidation sites excluding steroid dienone is 11. The Hall–Kier alpha value is -7.52. The van der Waals surface area contributed by atoms with Crippen molar-refractivity contribution in [3.05, 3.63) is 251 Å². The summed E-state index contributed by atoms with van der Waals surface area (Å²) in [6.07, 6.45) is 31.1. The van der Waals surface area contributed by atoms with Gasteiger partial charge in [0.1, 0.15) is 0 Å². The van der Waals surface area contributed by atoms with E-state index in [0.717, 1.165) is 34.4 Å². The van der Waals surface area contributed by atoms with Crippen molar-refractivity contribution < 1.29 is 0 Å². The number of benzene rings is 6. The molecule has 4 nitrogen and oxygen atoms in total. The predicted octanol–water partition coefficient (Wildman–Crippen LogP) is 15.9. The zero-order valence-corrected chi connectivity index (χ0v) is 40.0. The molecule has 0 aliphatic carbocycles. The van der Waals surface area contributed by atoms with E-state index in [-0.39, 0.29) is 0 Å². The van der Waals surface area contributed by atoms with E-state index >= 15 is 0 Å². The maximum atomic E-state index is 5.13. The number of aromatic nitrogens is 1. The van der Waals surface area contributed by atoms with Crippen LogP contribution in [0.15, 0.2) is 234 Å². The van der Waals surface area contributed by atoms with Crippen molar-refractivity contribution in [2.45, 2.75) is 41.2 Å². The van der Waals surface area contributed by atoms with Gasteiger partial charge in [0.05, 0.1) is 29.0 Å². The number of terminal acetylenes is 1. The molecule has 0 atom stereocenters. The zero-order chi connectivity index (χ0) is 47.1. The summed E-state index contributed by atoms with van der Waals surface area (Å²) in [6, 6.07) is 51.2. The van der Waals surface area contributed by atoms with E-state index < -0.39 is 0 Å². The summed E-state index contributed by atoms with van der Waals surface area (Å²) in [5.41, 5.74) is 10.3. The molecule has 1 aliphatic heterocycles. The summed E-state index contributed by atoms with van der Waals surface area (Å²) >= 11 is 1.81. The molecule has 1 N–H and O–H groups in total. The van der Waals surface area contributed by atoms with Crippen LogP contribution in [-0.2, 0) is 6.54 Å². The third-order valence-electron chi connectivity index (χ3n) is 10.7. The van der Waals surface area contributed by atoms with Crippen molar-refractivity contribution in [1.82, 2.24) is 14.8 Å². The molecule has 0 spiro atoms. The van der Waals surface area contributed by atoms with E-state index in [0.29, 0.717) is 6.54 Å². The highest BCUT2D eigenvalue weighted by Crippen LogP contribution is 2.38. The number of fused-ring (bicyclic) bond motifs is 5. The van der Waals surface area contributed by atoms with Crippen LogP contribution >= 0.6 is 11.8 Å². The van der Waals surface area contributed by atoms with Gasteiger partial charge in [0, 0.05) is 41.7 Å². The van der Waals surface area contributed by atoms with Gasteiger partial charge in [0.15, 0.2) is 0 Å². The topological polar surface area (TPSA) is 32.6 Å². The Morgan fingerprint density at radius 3 is 2.09 bits per heavy atom. The van der Waals surface area contributed by atoms with Gasteiger partial charge in [0.2, 0.25) is 0 Å². The van der Waals surface area contributed by atoms with Crippen molar-refractivity contribution in [2.24, 2.45) is 4.99 Å². The first-order chi connectivity index (χ1) is 32.3. The number of aryl methyl sites for hydroxylation is 1. The molecule has 0 saturated heterocycles. The van der Waals surface area contributed by atoms with Crippen molar-refractivity contribution in [1.29, 1.82) is 0 Å². The van der Waals surface area contributed by atoms with E-state index in [1.807, 2.05) is 80.9 Å². The first kappa shape index (κ1) is 49.5. The number of hydrogen-bond acceptors (Lipinski definition) is 4. The fourth-order valence-corrected chi connectivity index (χ4v) is 8.37. The number of likely N-dealkylation sites (N-methyl/N-ethyl adjacent to an activating group) is 1. The molecule has 0 saturated carbocycles. The molecule has 1 aliphatic rings. The molecule has 2 heterocycles. The summed E-state index contributed by atoms with van der Waals surface area (Å²) in [4.78, 5) is 9.93. The molecule has 8 rings (SSSR count). The van der Waals surface area contributed by atoms with Crippen molar-refractivity contribution in [2.75, 3.05) is 13.6 Å². The average Bonchev–Trinajstić information content (AvgIpc) is 3.68. The fraction of sp³-hybridized carbons (Fsp3) is 0.131. The van der Waals surface area contributed by atoms with Crippen LogP contribution in [0, 0.1) is 19.8 Å². The molecule has 1 aromatic heterocycles. The molecule has 0 radical (unpaired) electrons. The lowest BCUT2D eigenvalue weighted by Crippen LogP contribution is -2.16. The molecule has 66 heavy (non-hydrogen) atoms. The predicted molar refractivity (Wildman–Crippen MR) is 293 cm³/mol. The molecule has 0 amide bonds. The first-order valence-corrected chi connectivity index (χ1v) is 23.1. The Labute approximate surface area is 398 Å². The second kappa shape index (κ2) is 26.3. The van der Waals surface area contributed by atoms with Crippen LogP contribution in [0.5, 0.6) is 0 Å². The lowest BCUT2D eigenvalue weighted by atomic mass is 9.99. The second-order valence-corrected chi connectivity index (χ2v) is 16.7. The Morgan fingerprint density at radius 1 is 0.773 bits per heavy atom. The van der Waals surface area contributed by atoms with Crippen molar-refractivity contribution in [3.63, 3.8) is 0 Å². The number of nitrogens with zero attached hydrogens (tertiary/aromatic N) is 3. The summed E-state index contributed by atoms with van der Waals surface area (Å²) in [6.45, 7) is 16.0. The summed E-state index contributed by atoms with van der Waals surface area (Å²) in [5, 5.41) is 7.78. The van der Waals surface area contributed by atoms with Gasteiger partial charge in [-0.15, -0.1) is 12.8 Å². The van der Waals surface area contributed by atoms with Crippen LogP contribution in [0.4, 0.5) is 0 Å². The maximum absolute atomic E-state index is 5.13. The third kappa shape index (κ3) is 13.5. The minimum atomic E-state index is 0.613. The largest absolute Gasteiger partial charge is 0.394 e. The number of thioether (sulfide) groups is 1. The van der Waals surface area contributed by atoms with E-state index in [2.05, 4.69) is 208 Å². The molecule has 0 unspecified atom stereocenters. The van der Waals surface area contributed by atoms with Gasteiger partial charge in [0.25, 0.3) is 0 Å². The number of rotatable bonds is 10. The SMILES string of the molecule is C#C.C/C=C\NC.C=C/C=C\C1=C(/C)S/C(C)=C/C=C(c2ccc3c(c2)c2c4ccccc4ccc2n3/C=C/C(=NCc2ccccc2)c2ccc(C)cc2)\C=C\N1CC.c1ccccc1. The highest BCUT2D eigenvalue weighted by atomic mass is 32.2. The van der Waals surface area contributed by atoms with Crippen LogP contribution in [0.25, 0.3) is 44.4 Å². The second-order valence-electron chi connectivity index (χ2n) is 15.2. The molecule has 332 valence electrons. The highest BCUT2D eigenvalue weighted by Gasteiger charge is 2.15. The zero-order valence-electron chi connectivity index (χ0n) is 39.2. The third-order valence-corrected chi connectivity index (χ3v) is 11.6. The molecular formula is C61H62N4S. The van der Waals surface area contributed by atoms with Gasteiger partial charge in [-0.05, 0) is 115 Å². The van der Waals surface area contributed by atoms with Gasteiger partial charge in [-0.3, -0.25) is 4.99 Å². The normalized spacial score (nSPS) is 16.3. The maximum Gasteiger partial charge on any atom is 0.0665 e. The van der Waals surface area contributed by atoms with E-state index in [4.69, 9.17) is 4.99 Å². The number of hydrogen-bond donors (Lipinski definition) is 1. The minimum Gasteiger partial charge on any atom is -0.394 e. The summed E-state index contributed by atoms with van der Waals surface area (Å²) < 4.78 is 2.33. The number of nitrogens with one attached hydrogen (secondary N) is 1. The Balaban J connectivity index is 0.000000551. The summed E-state index contributed by atoms with van der Waals surface area (Å²) in [7, 11) is 1.88. The first-order valence-electron chi connectivity index (χ1n) is 22.3. The minimum absolute atomic E-state index is 0.613. The Kier molecular flexibility index (Phi) is 19.7. The highest BCUT2D eigenvalue weighted by molar-refractivity contribution is 8.06. The van der Waals surface area contributed by atoms with Crippen LogP contribution < -0.4 is 5.32 Å². The van der Waals surface area contributed by atoms with Gasteiger partial charge >= 0.3 is 0 Å². The van der Waals surface area contributed by atoms with Gasteiger partial charge in [-0.2, -0.15) is 0 Å². The summed E-state index contributed by atoms with van der Waals surface area (Å²) in [5.74, 6) is 0. The van der Waals surface area contributed by atoms with Crippen molar-refractivity contribution in [3.8, 4) is 12.8 Å². The standard InChI is InChI=1S/C49H45N3S.C6H6.C4H9N.C2H2/c1-6-8-18-46-37(5)53-36(4)21-24-39(29-31-51(46)7-2)42-26-27-47-44(33-42)49-43-17-13-12-16-40(43)25-28-48(49)52(47)32-30-45(41-22-19-35(3)20-23-41)50-34-38-14-10-9-11-15-38;1-2-4-6-5-3-1;1-3-4-5-2;1-2/h6,8-33H,1,7,34H2,2-5H3;1-6H;3-5H,1-2H3;1-2H/b18-8-,31-29+,32-30+,36-21+,39-24+,46-37-,50-45?;;4-3-;. The molecule has 7 aromatic rings. The van der Waals surface area contributed by atoms with Crippen LogP contribution in [0.2, 0.25) is 0 Å². The van der Waals surface area contributed by atoms with Crippen LogP contribution in [-0.4, -0.2) is 28.8 Å². The van der Waals surface area contributed by atoms with Crippen LogP contribution in [0.3, 0.4) is 0 Å². The average molecular weight is 883 g/mol. The van der Waals surface area contributed by atoms with E-state index in [1.54, 1.807) is 11.8 Å². The van der Waals surface area contributed by atoms with Gasteiger partial charge in [-0.25, -0.2) is 0 Å². The quantitative estimate of drug-likeness (QED) is 0.0844. The van der Waals surface area contributed by atoms with Crippen molar-refractivity contribution >= 4 is 61.8 Å². The monoisotopic (exact) mass is 882 g/mol. The molecule has 6 aromatic carbocycles.